The van der Waals surface area contributed by atoms with Crippen molar-refractivity contribution in [1.29, 1.82) is 0 Å². The zero-order valence-electron chi connectivity index (χ0n) is 10.1. The van der Waals surface area contributed by atoms with Crippen LogP contribution in [-0.4, -0.2) is 48.9 Å². The van der Waals surface area contributed by atoms with Crippen molar-refractivity contribution in [2.75, 3.05) is 13.7 Å². The highest BCUT2D eigenvalue weighted by molar-refractivity contribution is 5.82. The third-order valence-corrected chi connectivity index (χ3v) is 2.73. The van der Waals surface area contributed by atoms with Crippen molar-refractivity contribution in [1.82, 2.24) is 5.32 Å². The number of hydrogen-bond donors (Lipinski definition) is 2. The van der Waals surface area contributed by atoms with E-state index in [1.54, 1.807) is 7.11 Å². The van der Waals surface area contributed by atoms with E-state index < -0.39 is 18.2 Å². The van der Waals surface area contributed by atoms with Gasteiger partial charge in [0, 0.05) is 19.8 Å². The molecule has 0 aromatic carbocycles. The van der Waals surface area contributed by atoms with Crippen LogP contribution in [0, 0.1) is 0 Å². The third kappa shape index (κ3) is 4.32. The van der Waals surface area contributed by atoms with Crippen LogP contribution in [0.5, 0.6) is 0 Å². The summed E-state index contributed by atoms with van der Waals surface area (Å²) < 4.78 is 10.1. The molecule has 1 heterocycles. The summed E-state index contributed by atoms with van der Waals surface area (Å²) in [5.41, 5.74) is 0. The Morgan fingerprint density at radius 2 is 2.12 bits per heavy atom. The van der Waals surface area contributed by atoms with Crippen molar-refractivity contribution < 1.29 is 24.2 Å². The minimum Gasteiger partial charge on any atom is -0.479 e. The Bertz CT molecular complexity index is 281. The SMILES string of the molecule is COCCC(C)NC(=O)[C@@H]1CC[C@H](C(=O)O)O1. The molecule has 1 saturated heterocycles. The van der Waals surface area contributed by atoms with Gasteiger partial charge in [0.1, 0.15) is 6.10 Å². The Hall–Kier alpha value is -1.14. The number of carbonyl (C=O) groups is 2. The second kappa shape index (κ2) is 6.56. The third-order valence-electron chi connectivity index (χ3n) is 2.73. The first-order chi connectivity index (χ1) is 8.04. The van der Waals surface area contributed by atoms with E-state index in [-0.39, 0.29) is 11.9 Å². The summed E-state index contributed by atoms with van der Waals surface area (Å²) in [5, 5.41) is 11.5. The first-order valence-electron chi connectivity index (χ1n) is 5.72. The molecule has 6 heteroatoms. The highest BCUT2D eigenvalue weighted by Crippen LogP contribution is 2.20. The van der Waals surface area contributed by atoms with E-state index in [1.165, 1.54) is 0 Å². The lowest BCUT2D eigenvalue weighted by molar-refractivity contribution is -0.151. The molecule has 0 saturated carbocycles. The molecular formula is C11H19NO5. The summed E-state index contributed by atoms with van der Waals surface area (Å²) in [7, 11) is 1.60. The maximum Gasteiger partial charge on any atom is 0.332 e. The summed E-state index contributed by atoms with van der Waals surface area (Å²) in [4.78, 5) is 22.4. The van der Waals surface area contributed by atoms with Crippen LogP contribution in [0.25, 0.3) is 0 Å². The minimum absolute atomic E-state index is 0.00470. The molecule has 1 aliphatic rings. The average molecular weight is 245 g/mol. The summed E-state index contributed by atoms with van der Waals surface area (Å²) in [6.07, 6.45) is 0.0814. The van der Waals surface area contributed by atoms with Crippen molar-refractivity contribution >= 4 is 11.9 Å². The van der Waals surface area contributed by atoms with Gasteiger partial charge in [-0.3, -0.25) is 4.79 Å². The standard InChI is InChI=1S/C11H19NO5/c1-7(5-6-16-2)12-10(13)8-3-4-9(17-8)11(14)15/h7-9H,3-6H2,1-2H3,(H,12,13)(H,14,15)/t7?,8-,9+/m0/s1. The number of ether oxygens (including phenoxy) is 2. The zero-order chi connectivity index (χ0) is 12.8. The van der Waals surface area contributed by atoms with Crippen LogP contribution < -0.4 is 5.32 Å². The van der Waals surface area contributed by atoms with Crippen molar-refractivity contribution in [2.24, 2.45) is 0 Å². The molecule has 2 N–H and O–H groups in total. The van der Waals surface area contributed by atoms with Crippen LogP contribution in [0.3, 0.4) is 0 Å². The lowest BCUT2D eigenvalue weighted by atomic mass is 10.1. The molecule has 0 aromatic rings. The molecule has 1 amide bonds. The van der Waals surface area contributed by atoms with Crippen LogP contribution >= 0.6 is 0 Å². The molecular weight excluding hydrogens is 226 g/mol. The fourth-order valence-corrected chi connectivity index (χ4v) is 1.71. The normalized spacial score (nSPS) is 25.5. The second-order valence-electron chi connectivity index (χ2n) is 4.22. The number of methoxy groups -OCH3 is 1. The monoisotopic (exact) mass is 245 g/mol. The molecule has 0 bridgehead atoms. The van der Waals surface area contributed by atoms with Crippen LogP contribution in [0.15, 0.2) is 0 Å². The molecule has 3 atom stereocenters. The van der Waals surface area contributed by atoms with E-state index in [1.807, 2.05) is 6.92 Å². The predicted molar refractivity (Wildman–Crippen MR) is 59.6 cm³/mol. The maximum absolute atomic E-state index is 11.7. The Kier molecular flexibility index (Phi) is 5.37. The van der Waals surface area contributed by atoms with E-state index in [4.69, 9.17) is 14.6 Å². The highest BCUT2D eigenvalue weighted by Gasteiger charge is 2.34. The van der Waals surface area contributed by atoms with Crippen LogP contribution in [0.4, 0.5) is 0 Å². The van der Waals surface area contributed by atoms with Gasteiger partial charge in [0.15, 0.2) is 6.10 Å². The summed E-state index contributed by atoms with van der Waals surface area (Å²) in [5.74, 6) is -1.25. The smallest absolute Gasteiger partial charge is 0.332 e. The van der Waals surface area contributed by atoms with Gasteiger partial charge in [-0.2, -0.15) is 0 Å². The Balaban J connectivity index is 2.31. The average Bonchev–Trinajstić information content (AvgIpc) is 2.75. The van der Waals surface area contributed by atoms with Crippen molar-refractivity contribution in [3.05, 3.63) is 0 Å². The zero-order valence-corrected chi connectivity index (χ0v) is 10.1. The molecule has 0 spiro atoms. The van der Waals surface area contributed by atoms with Gasteiger partial charge >= 0.3 is 5.97 Å². The molecule has 0 aliphatic carbocycles. The molecule has 0 aromatic heterocycles. The summed E-state index contributed by atoms with van der Waals surface area (Å²) >= 11 is 0. The van der Waals surface area contributed by atoms with Crippen LogP contribution in [-0.2, 0) is 19.1 Å². The lowest BCUT2D eigenvalue weighted by Crippen LogP contribution is -2.41. The number of rotatable bonds is 6. The van der Waals surface area contributed by atoms with E-state index in [9.17, 15) is 9.59 Å². The number of carbonyl (C=O) groups excluding carboxylic acids is 1. The van der Waals surface area contributed by atoms with Gasteiger partial charge in [0.25, 0.3) is 0 Å². The van der Waals surface area contributed by atoms with Gasteiger partial charge < -0.3 is 19.9 Å². The van der Waals surface area contributed by atoms with Gasteiger partial charge in [0.05, 0.1) is 0 Å². The van der Waals surface area contributed by atoms with Gasteiger partial charge in [-0.1, -0.05) is 0 Å². The van der Waals surface area contributed by atoms with Gasteiger partial charge in [0.2, 0.25) is 5.91 Å². The number of hydrogen-bond acceptors (Lipinski definition) is 4. The van der Waals surface area contributed by atoms with Crippen molar-refractivity contribution in [3.63, 3.8) is 0 Å². The largest absolute Gasteiger partial charge is 0.479 e. The fraction of sp³-hybridized carbons (Fsp3) is 0.818. The van der Waals surface area contributed by atoms with Crippen LogP contribution in [0.2, 0.25) is 0 Å². The molecule has 17 heavy (non-hydrogen) atoms. The molecule has 1 unspecified atom stereocenters. The van der Waals surface area contributed by atoms with Gasteiger partial charge in [-0.05, 0) is 26.2 Å². The lowest BCUT2D eigenvalue weighted by Gasteiger charge is -2.16. The summed E-state index contributed by atoms with van der Waals surface area (Å²) in [6, 6.07) is -0.00470. The van der Waals surface area contributed by atoms with Crippen molar-refractivity contribution in [2.45, 2.75) is 44.4 Å². The van der Waals surface area contributed by atoms with Crippen molar-refractivity contribution in [3.8, 4) is 0 Å². The quantitative estimate of drug-likeness (QED) is 0.696. The number of carboxylic acids is 1. The predicted octanol–water partition coefficient (Wildman–Crippen LogP) is 0.160. The second-order valence-corrected chi connectivity index (χ2v) is 4.22. The summed E-state index contributed by atoms with van der Waals surface area (Å²) in [6.45, 7) is 2.45. The number of aliphatic carboxylic acids is 1. The minimum atomic E-state index is -1.01. The molecule has 98 valence electrons. The Morgan fingerprint density at radius 3 is 2.65 bits per heavy atom. The molecule has 6 nitrogen and oxygen atoms in total. The van der Waals surface area contributed by atoms with E-state index in [0.717, 1.165) is 6.42 Å². The fourth-order valence-electron chi connectivity index (χ4n) is 1.71. The van der Waals surface area contributed by atoms with Gasteiger partial charge in [-0.15, -0.1) is 0 Å². The van der Waals surface area contributed by atoms with E-state index in [2.05, 4.69) is 5.32 Å². The molecule has 1 aliphatic heterocycles. The van der Waals surface area contributed by atoms with Gasteiger partial charge in [-0.25, -0.2) is 4.79 Å². The molecule has 1 fully saturated rings. The molecule has 0 radical (unpaired) electrons. The number of amides is 1. The number of carboxylic acid groups (broad SMARTS) is 1. The highest BCUT2D eigenvalue weighted by atomic mass is 16.5. The topological polar surface area (TPSA) is 84.9 Å². The molecule has 1 rings (SSSR count). The van der Waals surface area contributed by atoms with E-state index in [0.29, 0.717) is 19.4 Å². The first-order valence-corrected chi connectivity index (χ1v) is 5.72. The van der Waals surface area contributed by atoms with Crippen LogP contribution in [0.1, 0.15) is 26.2 Å². The number of nitrogens with one attached hydrogen (secondary N) is 1. The Labute approximate surface area is 100 Å². The first kappa shape index (κ1) is 13.9. The van der Waals surface area contributed by atoms with E-state index >= 15 is 0 Å². The maximum atomic E-state index is 11.7. The Morgan fingerprint density at radius 1 is 1.47 bits per heavy atom.